The Kier molecular flexibility index (Phi) is 3.19. The normalized spacial score (nSPS) is 19.9. The molecular formula is C12H16N2O2. The minimum atomic E-state index is -0.257. The van der Waals surface area contributed by atoms with Crippen LogP contribution in [0.3, 0.4) is 0 Å². The van der Waals surface area contributed by atoms with Crippen LogP contribution in [0.2, 0.25) is 0 Å². The predicted molar refractivity (Wildman–Crippen MR) is 62.5 cm³/mol. The highest BCUT2D eigenvalue weighted by Crippen LogP contribution is 2.26. The van der Waals surface area contributed by atoms with E-state index in [1.807, 2.05) is 12.1 Å². The summed E-state index contributed by atoms with van der Waals surface area (Å²) in [6, 6.07) is 5.58. The summed E-state index contributed by atoms with van der Waals surface area (Å²) in [5.74, 6) is 0.542. The van der Waals surface area contributed by atoms with Crippen molar-refractivity contribution in [1.29, 1.82) is 0 Å². The van der Waals surface area contributed by atoms with Crippen molar-refractivity contribution in [3.63, 3.8) is 0 Å². The van der Waals surface area contributed by atoms with Crippen LogP contribution in [-0.2, 0) is 6.42 Å². The zero-order valence-electron chi connectivity index (χ0n) is 9.40. The van der Waals surface area contributed by atoms with Crippen LogP contribution in [0.4, 0.5) is 5.69 Å². The molecule has 0 saturated carbocycles. The predicted octanol–water partition coefficient (Wildman–Crippen LogP) is 2.06. The first-order valence-corrected chi connectivity index (χ1v) is 5.62. The molecule has 1 aliphatic rings. The molecule has 4 nitrogen and oxygen atoms in total. The molecule has 0 aliphatic carbocycles. The van der Waals surface area contributed by atoms with Crippen LogP contribution in [-0.4, -0.2) is 18.0 Å². The number of nitrogens with one attached hydrogen (secondary N) is 1. The Morgan fingerprint density at radius 1 is 1.56 bits per heavy atom. The topological polar surface area (TPSA) is 55.2 Å². The van der Waals surface area contributed by atoms with E-state index in [2.05, 4.69) is 5.32 Å². The van der Waals surface area contributed by atoms with Gasteiger partial charge in [-0.15, -0.1) is 0 Å². The number of nitro groups is 1. The molecule has 2 rings (SSSR count). The molecule has 0 spiro atoms. The molecule has 0 aromatic heterocycles. The van der Waals surface area contributed by atoms with E-state index in [4.69, 9.17) is 0 Å². The highest BCUT2D eigenvalue weighted by Gasteiger charge is 2.21. The molecule has 0 radical (unpaired) electrons. The van der Waals surface area contributed by atoms with Crippen LogP contribution in [0.15, 0.2) is 18.2 Å². The molecule has 1 aromatic rings. The maximum absolute atomic E-state index is 11.0. The Morgan fingerprint density at radius 2 is 2.38 bits per heavy atom. The number of benzene rings is 1. The Hall–Kier alpha value is -1.42. The molecule has 1 unspecified atom stereocenters. The molecule has 1 aliphatic heterocycles. The van der Waals surface area contributed by atoms with Crippen LogP contribution >= 0.6 is 0 Å². The van der Waals surface area contributed by atoms with Gasteiger partial charge in [-0.3, -0.25) is 10.1 Å². The summed E-state index contributed by atoms with van der Waals surface area (Å²) in [6.07, 6.45) is 1.93. The van der Waals surface area contributed by atoms with Crippen molar-refractivity contribution in [2.75, 3.05) is 13.1 Å². The lowest BCUT2D eigenvalue weighted by atomic mass is 9.96. The van der Waals surface area contributed by atoms with Crippen LogP contribution < -0.4 is 5.32 Å². The summed E-state index contributed by atoms with van der Waals surface area (Å²) in [7, 11) is 0. The number of para-hydroxylation sites is 1. The standard InChI is InChI=1S/C12H16N2O2/c1-9-3-2-4-11(12(9)14(15)16)7-10-5-6-13-8-10/h2-4,10,13H,5-8H2,1H3. The monoisotopic (exact) mass is 220 g/mol. The first kappa shape index (κ1) is 11.1. The fourth-order valence-electron chi connectivity index (χ4n) is 2.35. The second-order valence-corrected chi connectivity index (χ2v) is 4.40. The first-order chi connectivity index (χ1) is 7.68. The van der Waals surface area contributed by atoms with Gasteiger partial charge in [0.15, 0.2) is 0 Å². The molecule has 1 fully saturated rings. The van der Waals surface area contributed by atoms with Gasteiger partial charge in [0.25, 0.3) is 5.69 Å². The van der Waals surface area contributed by atoms with E-state index in [0.717, 1.165) is 37.1 Å². The Labute approximate surface area is 94.8 Å². The molecule has 1 heterocycles. The van der Waals surface area contributed by atoms with E-state index >= 15 is 0 Å². The van der Waals surface area contributed by atoms with Crippen molar-refractivity contribution in [3.8, 4) is 0 Å². The second kappa shape index (κ2) is 4.61. The van der Waals surface area contributed by atoms with Crippen LogP contribution in [0.1, 0.15) is 17.5 Å². The van der Waals surface area contributed by atoms with E-state index in [-0.39, 0.29) is 4.92 Å². The maximum atomic E-state index is 11.0. The fourth-order valence-corrected chi connectivity index (χ4v) is 2.35. The smallest absolute Gasteiger partial charge is 0.275 e. The van der Waals surface area contributed by atoms with Gasteiger partial charge in [0.05, 0.1) is 4.92 Å². The van der Waals surface area contributed by atoms with Crippen molar-refractivity contribution in [1.82, 2.24) is 5.32 Å². The summed E-state index contributed by atoms with van der Waals surface area (Å²) in [6.45, 7) is 3.81. The van der Waals surface area contributed by atoms with Gasteiger partial charge >= 0.3 is 0 Å². The average Bonchev–Trinajstić information content (AvgIpc) is 2.70. The lowest BCUT2D eigenvalue weighted by Gasteiger charge is -2.09. The largest absolute Gasteiger partial charge is 0.316 e. The van der Waals surface area contributed by atoms with Gasteiger partial charge in [0.2, 0.25) is 0 Å². The van der Waals surface area contributed by atoms with Crippen LogP contribution in [0.5, 0.6) is 0 Å². The third-order valence-electron chi connectivity index (χ3n) is 3.17. The van der Waals surface area contributed by atoms with Gasteiger partial charge in [-0.05, 0) is 38.8 Å². The minimum absolute atomic E-state index is 0.257. The van der Waals surface area contributed by atoms with Gasteiger partial charge in [-0.25, -0.2) is 0 Å². The summed E-state index contributed by atoms with van der Waals surface area (Å²) in [5, 5.41) is 14.3. The molecule has 1 saturated heterocycles. The third kappa shape index (κ3) is 2.22. The van der Waals surface area contributed by atoms with Crippen molar-refractivity contribution in [3.05, 3.63) is 39.4 Å². The summed E-state index contributed by atoms with van der Waals surface area (Å²) >= 11 is 0. The molecular weight excluding hydrogens is 204 g/mol. The van der Waals surface area contributed by atoms with E-state index in [1.54, 1.807) is 13.0 Å². The molecule has 1 N–H and O–H groups in total. The van der Waals surface area contributed by atoms with Crippen molar-refractivity contribution in [2.45, 2.75) is 19.8 Å². The number of hydrogen-bond acceptors (Lipinski definition) is 3. The highest BCUT2D eigenvalue weighted by molar-refractivity contribution is 5.47. The molecule has 0 amide bonds. The van der Waals surface area contributed by atoms with Gasteiger partial charge in [-0.2, -0.15) is 0 Å². The van der Waals surface area contributed by atoms with Gasteiger partial charge in [-0.1, -0.05) is 18.2 Å². The number of rotatable bonds is 3. The second-order valence-electron chi connectivity index (χ2n) is 4.40. The molecule has 86 valence electrons. The number of nitro benzene ring substituents is 1. The quantitative estimate of drug-likeness (QED) is 0.626. The zero-order chi connectivity index (χ0) is 11.5. The molecule has 1 atom stereocenters. The fraction of sp³-hybridized carbons (Fsp3) is 0.500. The van der Waals surface area contributed by atoms with E-state index in [9.17, 15) is 10.1 Å². The molecule has 4 heteroatoms. The van der Waals surface area contributed by atoms with E-state index in [1.165, 1.54) is 0 Å². The lowest BCUT2D eigenvalue weighted by molar-refractivity contribution is -0.386. The van der Waals surface area contributed by atoms with Crippen LogP contribution in [0.25, 0.3) is 0 Å². The molecule has 1 aromatic carbocycles. The Bertz CT molecular complexity index is 398. The molecule has 16 heavy (non-hydrogen) atoms. The van der Waals surface area contributed by atoms with Crippen molar-refractivity contribution < 1.29 is 4.92 Å². The minimum Gasteiger partial charge on any atom is -0.316 e. The average molecular weight is 220 g/mol. The molecule has 0 bridgehead atoms. The van der Waals surface area contributed by atoms with E-state index < -0.39 is 0 Å². The number of nitrogens with zero attached hydrogens (tertiary/aromatic N) is 1. The summed E-state index contributed by atoms with van der Waals surface area (Å²) < 4.78 is 0. The highest BCUT2D eigenvalue weighted by atomic mass is 16.6. The van der Waals surface area contributed by atoms with E-state index in [0.29, 0.717) is 11.6 Å². The van der Waals surface area contributed by atoms with Crippen LogP contribution in [0, 0.1) is 23.0 Å². The zero-order valence-corrected chi connectivity index (χ0v) is 9.40. The van der Waals surface area contributed by atoms with Crippen molar-refractivity contribution in [2.24, 2.45) is 5.92 Å². The Balaban J connectivity index is 2.25. The SMILES string of the molecule is Cc1cccc(CC2CCNC2)c1[N+](=O)[O-]. The van der Waals surface area contributed by atoms with Gasteiger partial charge in [0.1, 0.15) is 0 Å². The third-order valence-corrected chi connectivity index (χ3v) is 3.17. The lowest BCUT2D eigenvalue weighted by Crippen LogP contribution is -2.11. The van der Waals surface area contributed by atoms with Gasteiger partial charge in [0, 0.05) is 11.1 Å². The summed E-state index contributed by atoms with van der Waals surface area (Å²) in [5.41, 5.74) is 1.93. The van der Waals surface area contributed by atoms with Gasteiger partial charge < -0.3 is 5.32 Å². The Morgan fingerprint density at radius 3 is 3.00 bits per heavy atom. The first-order valence-electron chi connectivity index (χ1n) is 5.62. The number of aryl methyl sites for hydroxylation is 1. The summed E-state index contributed by atoms with van der Waals surface area (Å²) in [4.78, 5) is 10.7. The number of hydrogen-bond donors (Lipinski definition) is 1. The van der Waals surface area contributed by atoms with Crippen molar-refractivity contribution >= 4 is 5.69 Å². The maximum Gasteiger partial charge on any atom is 0.275 e.